The minimum absolute atomic E-state index is 0.166. The van der Waals surface area contributed by atoms with E-state index in [1.807, 2.05) is 12.1 Å². The molecule has 0 saturated heterocycles. The summed E-state index contributed by atoms with van der Waals surface area (Å²) in [6.07, 6.45) is 0. The van der Waals surface area contributed by atoms with E-state index in [1.54, 1.807) is 31.4 Å². The van der Waals surface area contributed by atoms with Gasteiger partial charge >= 0.3 is 0 Å². The Morgan fingerprint density at radius 1 is 1.10 bits per heavy atom. The SMILES string of the molecule is COCc1ccccc1NS(=O)(=O)c1ccc(N)cc1. The lowest BCUT2D eigenvalue weighted by Gasteiger charge is -2.12. The summed E-state index contributed by atoms with van der Waals surface area (Å²) < 4.78 is 32.2. The van der Waals surface area contributed by atoms with Crippen LogP contribution in [0, 0.1) is 0 Å². The number of nitrogens with two attached hydrogens (primary N) is 1. The van der Waals surface area contributed by atoms with Crippen LogP contribution in [0.15, 0.2) is 53.4 Å². The minimum Gasteiger partial charge on any atom is -0.399 e. The van der Waals surface area contributed by atoms with Crippen molar-refractivity contribution in [1.29, 1.82) is 0 Å². The van der Waals surface area contributed by atoms with E-state index >= 15 is 0 Å². The van der Waals surface area contributed by atoms with Gasteiger partial charge in [-0.3, -0.25) is 4.72 Å². The summed E-state index contributed by atoms with van der Waals surface area (Å²) in [5.41, 5.74) is 7.35. The predicted molar refractivity (Wildman–Crippen MR) is 78.8 cm³/mol. The molecule has 2 aromatic carbocycles. The molecule has 3 N–H and O–H groups in total. The number of hydrogen-bond acceptors (Lipinski definition) is 4. The molecule has 0 fully saturated rings. The van der Waals surface area contributed by atoms with Gasteiger partial charge in [-0.15, -0.1) is 0 Å². The standard InChI is InChI=1S/C14H16N2O3S/c1-19-10-11-4-2-3-5-14(11)16-20(17,18)13-8-6-12(15)7-9-13/h2-9,16H,10,15H2,1H3. The van der Waals surface area contributed by atoms with Gasteiger partial charge in [-0.05, 0) is 30.3 Å². The molecule has 0 aliphatic rings. The third kappa shape index (κ3) is 3.28. The van der Waals surface area contributed by atoms with E-state index in [4.69, 9.17) is 10.5 Å². The summed E-state index contributed by atoms with van der Waals surface area (Å²) in [5, 5.41) is 0. The minimum atomic E-state index is -3.63. The molecule has 5 nitrogen and oxygen atoms in total. The van der Waals surface area contributed by atoms with Crippen molar-refractivity contribution in [3.8, 4) is 0 Å². The zero-order chi connectivity index (χ0) is 14.6. The summed E-state index contributed by atoms with van der Waals surface area (Å²) >= 11 is 0. The second-order valence-corrected chi connectivity index (χ2v) is 5.95. The molecular formula is C14H16N2O3S. The number of methoxy groups -OCH3 is 1. The number of nitrogens with one attached hydrogen (secondary N) is 1. The van der Waals surface area contributed by atoms with Crippen LogP contribution in [0.25, 0.3) is 0 Å². The lowest BCUT2D eigenvalue weighted by atomic mass is 10.2. The highest BCUT2D eigenvalue weighted by molar-refractivity contribution is 7.92. The van der Waals surface area contributed by atoms with Crippen molar-refractivity contribution < 1.29 is 13.2 Å². The van der Waals surface area contributed by atoms with Gasteiger partial charge in [0.25, 0.3) is 10.0 Å². The quantitative estimate of drug-likeness (QED) is 0.828. The van der Waals surface area contributed by atoms with Gasteiger partial charge in [0.2, 0.25) is 0 Å². The van der Waals surface area contributed by atoms with Crippen LogP contribution in [0.5, 0.6) is 0 Å². The van der Waals surface area contributed by atoms with Crippen LogP contribution < -0.4 is 10.5 Å². The van der Waals surface area contributed by atoms with Crippen LogP contribution >= 0.6 is 0 Å². The van der Waals surface area contributed by atoms with Gasteiger partial charge in [-0.2, -0.15) is 0 Å². The van der Waals surface area contributed by atoms with Crippen LogP contribution in [0.4, 0.5) is 11.4 Å². The van der Waals surface area contributed by atoms with Crippen LogP contribution in [0.1, 0.15) is 5.56 Å². The van der Waals surface area contributed by atoms with Crippen molar-refractivity contribution in [1.82, 2.24) is 0 Å². The average molecular weight is 292 g/mol. The summed E-state index contributed by atoms with van der Waals surface area (Å²) in [4.78, 5) is 0.166. The molecule has 0 saturated carbocycles. The van der Waals surface area contributed by atoms with E-state index in [2.05, 4.69) is 4.72 Å². The molecule has 0 unspecified atom stereocenters. The number of para-hydroxylation sites is 1. The zero-order valence-electron chi connectivity index (χ0n) is 11.0. The van der Waals surface area contributed by atoms with E-state index in [0.717, 1.165) is 5.56 Å². The van der Waals surface area contributed by atoms with E-state index in [0.29, 0.717) is 18.0 Å². The Balaban J connectivity index is 2.31. The summed E-state index contributed by atoms with van der Waals surface area (Å²) in [6.45, 7) is 0.334. The van der Waals surface area contributed by atoms with Gasteiger partial charge in [0.1, 0.15) is 0 Å². The maximum absolute atomic E-state index is 12.3. The molecule has 0 bridgehead atoms. The highest BCUT2D eigenvalue weighted by Gasteiger charge is 2.15. The van der Waals surface area contributed by atoms with Crippen molar-refractivity contribution in [3.05, 3.63) is 54.1 Å². The molecule has 2 aromatic rings. The van der Waals surface area contributed by atoms with Gasteiger partial charge in [-0.1, -0.05) is 18.2 Å². The number of anilines is 2. The molecular weight excluding hydrogens is 276 g/mol. The maximum Gasteiger partial charge on any atom is 0.261 e. The first-order valence-electron chi connectivity index (χ1n) is 5.98. The Kier molecular flexibility index (Phi) is 4.26. The average Bonchev–Trinajstić information content (AvgIpc) is 2.41. The van der Waals surface area contributed by atoms with Crippen LogP contribution in [0.3, 0.4) is 0 Å². The second kappa shape index (κ2) is 5.94. The van der Waals surface area contributed by atoms with Crippen LogP contribution in [0.2, 0.25) is 0 Å². The predicted octanol–water partition coefficient (Wildman–Crippen LogP) is 2.22. The molecule has 106 valence electrons. The molecule has 0 aromatic heterocycles. The highest BCUT2D eigenvalue weighted by atomic mass is 32.2. The first-order valence-corrected chi connectivity index (χ1v) is 7.46. The highest BCUT2D eigenvalue weighted by Crippen LogP contribution is 2.21. The van der Waals surface area contributed by atoms with E-state index in [9.17, 15) is 8.42 Å². The van der Waals surface area contributed by atoms with Crippen molar-refractivity contribution in [2.24, 2.45) is 0 Å². The van der Waals surface area contributed by atoms with Gasteiger partial charge in [-0.25, -0.2) is 8.42 Å². The van der Waals surface area contributed by atoms with E-state index in [1.165, 1.54) is 12.1 Å². The lowest BCUT2D eigenvalue weighted by Crippen LogP contribution is -2.14. The number of hydrogen-bond donors (Lipinski definition) is 2. The maximum atomic E-state index is 12.3. The van der Waals surface area contributed by atoms with Crippen molar-refractivity contribution in [2.75, 3.05) is 17.6 Å². The first-order chi connectivity index (χ1) is 9.53. The normalized spacial score (nSPS) is 11.2. The lowest BCUT2D eigenvalue weighted by molar-refractivity contribution is 0.185. The number of ether oxygens (including phenoxy) is 1. The van der Waals surface area contributed by atoms with Crippen LogP contribution in [-0.2, 0) is 21.4 Å². The smallest absolute Gasteiger partial charge is 0.261 e. The van der Waals surface area contributed by atoms with Gasteiger partial charge in [0.05, 0.1) is 17.2 Å². The summed E-state index contributed by atoms with van der Waals surface area (Å²) in [5.74, 6) is 0. The van der Waals surface area contributed by atoms with Gasteiger partial charge in [0.15, 0.2) is 0 Å². The number of benzene rings is 2. The van der Waals surface area contributed by atoms with Crippen LogP contribution in [-0.4, -0.2) is 15.5 Å². The largest absolute Gasteiger partial charge is 0.399 e. The Morgan fingerprint density at radius 3 is 2.40 bits per heavy atom. The van der Waals surface area contributed by atoms with Gasteiger partial charge in [0, 0.05) is 18.4 Å². The third-order valence-corrected chi connectivity index (χ3v) is 4.13. The molecule has 0 aliphatic heterocycles. The van der Waals surface area contributed by atoms with Crippen molar-refractivity contribution >= 4 is 21.4 Å². The zero-order valence-corrected chi connectivity index (χ0v) is 11.9. The fraction of sp³-hybridized carbons (Fsp3) is 0.143. The Morgan fingerprint density at radius 2 is 1.75 bits per heavy atom. The summed E-state index contributed by atoms with van der Waals surface area (Å²) in [7, 11) is -2.07. The number of sulfonamides is 1. The summed E-state index contributed by atoms with van der Waals surface area (Å²) in [6, 6.07) is 13.1. The molecule has 0 aliphatic carbocycles. The van der Waals surface area contributed by atoms with Gasteiger partial charge < -0.3 is 10.5 Å². The Bertz CT molecular complexity index is 682. The number of rotatable bonds is 5. The topological polar surface area (TPSA) is 81.4 Å². The molecule has 2 rings (SSSR count). The third-order valence-electron chi connectivity index (χ3n) is 2.75. The van der Waals surface area contributed by atoms with E-state index < -0.39 is 10.0 Å². The fourth-order valence-electron chi connectivity index (χ4n) is 1.75. The van der Waals surface area contributed by atoms with E-state index in [-0.39, 0.29) is 4.90 Å². The molecule has 0 radical (unpaired) electrons. The fourth-order valence-corrected chi connectivity index (χ4v) is 2.85. The monoisotopic (exact) mass is 292 g/mol. The van der Waals surface area contributed by atoms with Crippen molar-refractivity contribution in [2.45, 2.75) is 11.5 Å². The first kappa shape index (κ1) is 14.4. The molecule has 0 atom stereocenters. The molecule has 0 spiro atoms. The Hall–Kier alpha value is -2.05. The molecule has 0 heterocycles. The Labute approximate surface area is 118 Å². The molecule has 0 amide bonds. The van der Waals surface area contributed by atoms with Crippen molar-refractivity contribution in [3.63, 3.8) is 0 Å². The molecule has 6 heteroatoms. The second-order valence-electron chi connectivity index (χ2n) is 4.26. The number of nitrogen functional groups attached to an aromatic ring is 1. The molecule has 20 heavy (non-hydrogen) atoms.